The topological polar surface area (TPSA) is 33.1 Å². The third-order valence-electron chi connectivity index (χ3n) is 4.01. The Balaban J connectivity index is 2.15. The van der Waals surface area contributed by atoms with Crippen LogP contribution in [-0.4, -0.2) is 12.8 Å². The molecule has 0 unspecified atom stereocenters. The molecular weight excluding hydrogens is 282 g/mol. The lowest BCUT2D eigenvalue weighted by Crippen LogP contribution is -2.06. The Kier molecular flexibility index (Phi) is 4.24. The standard InChI is InChI=1S/C21H19NO/c1-15-9-3-4-10-16(15)17-11-5-6-12-18(17)21(22)19-13-7-8-14-20(19)23-2/h3-14,22H,1-2H3. The molecule has 3 aromatic rings. The van der Waals surface area contributed by atoms with Gasteiger partial charge < -0.3 is 4.74 Å². The SMILES string of the molecule is COc1ccccc1C(=N)c1ccccc1-c1ccccc1C. The summed E-state index contributed by atoms with van der Waals surface area (Å²) in [4.78, 5) is 0. The predicted molar refractivity (Wildman–Crippen MR) is 95.5 cm³/mol. The van der Waals surface area contributed by atoms with E-state index in [1.165, 1.54) is 5.56 Å². The quantitative estimate of drug-likeness (QED) is 0.669. The van der Waals surface area contributed by atoms with Crippen molar-refractivity contribution in [1.82, 2.24) is 0 Å². The molecule has 0 aliphatic rings. The van der Waals surface area contributed by atoms with Gasteiger partial charge in [0.2, 0.25) is 0 Å². The number of hydrogen-bond acceptors (Lipinski definition) is 2. The fourth-order valence-electron chi connectivity index (χ4n) is 2.81. The van der Waals surface area contributed by atoms with Gasteiger partial charge in [0, 0.05) is 11.1 Å². The molecule has 3 rings (SSSR count). The van der Waals surface area contributed by atoms with E-state index in [0.29, 0.717) is 5.71 Å². The first-order chi connectivity index (χ1) is 11.2. The Morgan fingerprint density at radius 1 is 0.739 bits per heavy atom. The molecule has 0 aliphatic carbocycles. The van der Waals surface area contributed by atoms with Crippen molar-refractivity contribution in [3.63, 3.8) is 0 Å². The molecule has 0 saturated heterocycles. The molecule has 0 bridgehead atoms. The largest absolute Gasteiger partial charge is 0.496 e. The zero-order valence-corrected chi connectivity index (χ0v) is 13.3. The Labute approximate surface area is 136 Å². The van der Waals surface area contributed by atoms with Crippen molar-refractivity contribution in [3.05, 3.63) is 89.5 Å². The van der Waals surface area contributed by atoms with Gasteiger partial charge >= 0.3 is 0 Å². The number of aryl methyl sites for hydroxylation is 1. The van der Waals surface area contributed by atoms with Gasteiger partial charge in [0.1, 0.15) is 5.75 Å². The van der Waals surface area contributed by atoms with E-state index in [1.54, 1.807) is 7.11 Å². The zero-order valence-electron chi connectivity index (χ0n) is 13.3. The summed E-state index contributed by atoms with van der Waals surface area (Å²) in [5.41, 5.74) is 5.61. The van der Waals surface area contributed by atoms with Gasteiger partial charge in [0.05, 0.1) is 12.8 Å². The van der Waals surface area contributed by atoms with Crippen molar-refractivity contribution in [2.24, 2.45) is 0 Å². The van der Waals surface area contributed by atoms with Crippen LogP contribution in [0, 0.1) is 12.3 Å². The van der Waals surface area contributed by atoms with Crippen molar-refractivity contribution in [3.8, 4) is 16.9 Å². The molecule has 2 heteroatoms. The van der Waals surface area contributed by atoms with Crippen LogP contribution < -0.4 is 4.74 Å². The van der Waals surface area contributed by atoms with Crippen LogP contribution in [-0.2, 0) is 0 Å². The summed E-state index contributed by atoms with van der Waals surface area (Å²) in [5.74, 6) is 0.720. The van der Waals surface area contributed by atoms with Gasteiger partial charge in [-0.2, -0.15) is 0 Å². The third-order valence-corrected chi connectivity index (χ3v) is 4.01. The van der Waals surface area contributed by atoms with E-state index >= 15 is 0 Å². The number of rotatable bonds is 4. The van der Waals surface area contributed by atoms with Gasteiger partial charge in [-0.05, 0) is 35.7 Å². The fourth-order valence-corrected chi connectivity index (χ4v) is 2.81. The molecule has 3 aromatic carbocycles. The number of benzene rings is 3. The van der Waals surface area contributed by atoms with Crippen LogP contribution in [0.1, 0.15) is 16.7 Å². The van der Waals surface area contributed by atoms with E-state index in [-0.39, 0.29) is 0 Å². The summed E-state index contributed by atoms with van der Waals surface area (Å²) in [5, 5.41) is 8.70. The maximum absolute atomic E-state index is 8.70. The van der Waals surface area contributed by atoms with Crippen LogP contribution in [0.2, 0.25) is 0 Å². The van der Waals surface area contributed by atoms with Crippen LogP contribution in [0.5, 0.6) is 5.75 Å². The summed E-state index contributed by atoms with van der Waals surface area (Å²) in [6.07, 6.45) is 0. The first-order valence-electron chi connectivity index (χ1n) is 7.59. The lowest BCUT2D eigenvalue weighted by molar-refractivity contribution is 0.414. The average Bonchev–Trinajstić information content (AvgIpc) is 2.61. The monoisotopic (exact) mass is 301 g/mol. The molecule has 1 N–H and O–H groups in total. The lowest BCUT2D eigenvalue weighted by atomic mass is 9.91. The highest BCUT2D eigenvalue weighted by atomic mass is 16.5. The predicted octanol–water partition coefficient (Wildman–Crippen LogP) is 5.09. The second-order valence-electron chi connectivity index (χ2n) is 5.44. The molecule has 114 valence electrons. The van der Waals surface area contributed by atoms with Gasteiger partial charge in [-0.3, -0.25) is 5.41 Å². The Bertz CT molecular complexity index is 852. The van der Waals surface area contributed by atoms with Crippen LogP contribution in [0.4, 0.5) is 0 Å². The molecular formula is C21H19NO. The molecule has 0 amide bonds. The molecule has 0 aromatic heterocycles. The molecule has 2 nitrogen and oxygen atoms in total. The highest BCUT2D eigenvalue weighted by Gasteiger charge is 2.15. The summed E-state index contributed by atoms with van der Waals surface area (Å²) in [6.45, 7) is 2.10. The van der Waals surface area contributed by atoms with E-state index in [4.69, 9.17) is 10.1 Å². The van der Waals surface area contributed by atoms with Crippen LogP contribution in [0.25, 0.3) is 11.1 Å². The second kappa shape index (κ2) is 6.49. The van der Waals surface area contributed by atoms with E-state index < -0.39 is 0 Å². The van der Waals surface area contributed by atoms with Gasteiger partial charge in [-0.15, -0.1) is 0 Å². The van der Waals surface area contributed by atoms with E-state index in [2.05, 4.69) is 25.1 Å². The van der Waals surface area contributed by atoms with Gasteiger partial charge in [-0.1, -0.05) is 60.7 Å². The molecule has 0 fully saturated rings. The molecule has 0 aliphatic heterocycles. The van der Waals surface area contributed by atoms with Gasteiger partial charge in [0.25, 0.3) is 0 Å². The average molecular weight is 301 g/mol. The van der Waals surface area contributed by atoms with Crippen LogP contribution >= 0.6 is 0 Å². The van der Waals surface area contributed by atoms with Crippen molar-refractivity contribution in [2.45, 2.75) is 6.92 Å². The fraction of sp³-hybridized carbons (Fsp3) is 0.0952. The highest BCUT2D eigenvalue weighted by Crippen LogP contribution is 2.30. The molecule has 0 spiro atoms. The molecule has 0 saturated carbocycles. The molecule has 0 heterocycles. The molecule has 0 atom stereocenters. The van der Waals surface area contributed by atoms with Gasteiger partial charge in [-0.25, -0.2) is 0 Å². The van der Waals surface area contributed by atoms with Crippen molar-refractivity contribution in [1.29, 1.82) is 5.41 Å². The van der Waals surface area contributed by atoms with Crippen molar-refractivity contribution in [2.75, 3.05) is 7.11 Å². The Morgan fingerprint density at radius 3 is 2.00 bits per heavy atom. The maximum Gasteiger partial charge on any atom is 0.128 e. The van der Waals surface area contributed by atoms with Crippen LogP contribution in [0.15, 0.2) is 72.8 Å². The summed E-state index contributed by atoms with van der Waals surface area (Å²) in [6, 6.07) is 24.0. The number of para-hydroxylation sites is 1. The first-order valence-corrected chi connectivity index (χ1v) is 7.59. The minimum Gasteiger partial charge on any atom is -0.496 e. The summed E-state index contributed by atoms with van der Waals surface area (Å²) >= 11 is 0. The number of nitrogens with one attached hydrogen (secondary N) is 1. The van der Waals surface area contributed by atoms with Crippen molar-refractivity contribution >= 4 is 5.71 Å². The number of ether oxygens (including phenoxy) is 1. The van der Waals surface area contributed by atoms with Gasteiger partial charge in [0.15, 0.2) is 0 Å². The zero-order chi connectivity index (χ0) is 16.2. The lowest BCUT2D eigenvalue weighted by Gasteiger charge is -2.15. The summed E-state index contributed by atoms with van der Waals surface area (Å²) < 4.78 is 5.42. The van der Waals surface area contributed by atoms with E-state index in [9.17, 15) is 0 Å². The summed E-state index contributed by atoms with van der Waals surface area (Å²) in [7, 11) is 1.64. The maximum atomic E-state index is 8.70. The smallest absolute Gasteiger partial charge is 0.128 e. The second-order valence-corrected chi connectivity index (χ2v) is 5.44. The van der Waals surface area contributed by atoms with Crippen molar-refractivity contribution < 1.29 is 4.74 Å². The van der Waals surface area contributed by atoms with E-state index in [0.717, 1.165) is 28.0 Å². The van der Waals surface area contributed by atoms with Crippen LogP contribution in [0.3, 0.4) is 0 Å². The number of hydrogen-bond donors (Lipinski definition) is 1. The molecule has 0 radical (unpaired) electrons. The third kappa shape index (κ3) is 2.88. The normalized spacial score (nSPS) is 10.3. The Morgan fingerprint density at radius 2 is 1.30 bits per heavy atom. The minimum atomic E-state index is 0.473. The Hall–Kier alpha value is -2.87. The first kappa shape index (κ1) is 15.0. The number of methoxy groups -OCH3 is 1. The molecule has 23 heavy (non-hydrogen) atoms. The highest BCUT2D eigenvalue weighted by molar-refractivity contribution is 6.16. The minimum absolute atomic E-state index is 0.473. The van der Waals surface area contributed by atoms with E-state index in [1.807, 2.05) is 54.6 Å².